The molecule has 13 heavy (non-hydrogen) atoms. The topological polar surface area (TPSA) is 82.7 Å². The Bertz CT molecular complexity index is 308. The fraction of sp³-hybridized carbons (Fsp3) is 0.375. The van der Waals surface area contributed by atoms with E-state index in [1.54, 1.807) is 12.1 Å². The molecule has 0 aliphatic carbocycles. The van der Waals surface area contributed by atoms with Crippen molar-refractivity contribution in [2.75, 3.05) is 0 Å². The van der Waals surface area contributed by atoms with Gasteiger partial charge in [-0.3, -0.25) is 4.79 Å². The first-order chi connectivity index (χ1) is 6.20. The molecule has 3 atom stereocenters. The molecule has 0 spiro atoms. The number of rotatable bonds is 1. The highest BCUT2D eigenvalue weighted by Crippen LogP contribution is 2.24. The van der Waals surface area contributed by atoms with Crippen LogP contribution in [-0.4, -0.2) is 28.3 Å². The van der Waals surface area contributed by atoms with Crippen molar-refractivity contribution in [3.8, 4) is 0 Å². The maximum absolute atomic E-state index is 10.9. The van der Waals surface area contributed by atoms with Crippen molar-refractivity contribution in [3.63, 3.8) is 0 Å². The summed E-state index contributed by atoms with van der Waals surface area (Å²) in [4.78, 5) is 10.9. The third kappa shape index (κ3) is 1.22. The lowest BCUT2D eigenvalue weighted by Gasteiger charge is -2.11. The van der Waals surface area contributed by atoms with E-state index in [1.165, 1.54) is 6.26 Å². The number of aliphatic hydroxyl groups is 2. The molecule has 2 rings (SSSR count). The SMILES string of the molecule is O=C1NC(c2ccco2)C(O)C1O. The summed E-state index contributed by atoms with van der Waals surface area (Å²) in [5.41, 5.74) is 0. The number of hydrogen-bond donors (Lipinski definition) is 3. The Labute approximate surface area is 74.0 Å². The van der Waals surface area contributed by atoms with Gasteiger partial charge >= 0.3 is 0 Å². The number of hydrogen-bond acceptors (Lipinski definition) is 4. The van der Waals surface area contributed by atoms with Gasteiger partial charge in [-0.15, -0.1) is 0 Å². The van der Waals surface area contributed by atoms with Crippen LogP contribution in [0.25, 0.3) is 0 Å². The van der Waals surface area contributed by atoms with Gasteiger partial charge in [0.05, 0.1) is 6.26 Å². The molecule has 0 saturated carbocycles. The standard InChI is InChI=1S/C8H9NO4/c10-6-5(4-2-1-3-13-4)9-8(12)7(6)11/h1-3,5-7,10-11H,(H,9,12). The molecule has 1 aromatic heterocycles. The summed E-state index contributed by atoms with van der Waals surface area (Å²) in [7, 11) is 0. The monoisotopic (exact) mass is 183 g/mol. The quantitative estimate of drug-likeness (QED) is 0.530. The van der Waals surface area contributed by atoms with Crippen LogP contribution in [0.15, 0.2) is 22.8 Å². The van der Waals surface area contributed by atoms with E-state index in [0.29, 0.717) is 5.76 Å². The first-order valence-corrected chi connectivity index (χ1v) is 3.90. The maximum atomic E-state index is 10.9. The first kappa shape index (κ1) is 8.28. The normalized spacial score (nSPS) is 33.4. The molecular formula is C8H9NO4. The zero-order valence-electron chi connectivity index (χ0n) is 6.68. The lowest BCUT2D eigenvalue weighted by Crippen LogP contribution is -2.27. The average Bonchev–Trinajstić information content (AvgIpc) is 2.70. The summed E-state index contributed by atoms with van der Waals surface area (Å²) in [6.45, 7) is 0. The number of carbonyl (C=O) groups excluding carboxylic acids is 1. The van der Waals surface area contributed by atoms with E-state index in [4.69, 9.17) is 9.52 Å². The van der Waals surface area contributed by atoms with Gasteiger partial charge in [0.15, 0.2) is 6.10 Å². The van der Waals surface area contributed by atoms with E-state index < -0.39 is 24.2 Å². The van der Waals surface area contributed by atoms with E-state index >= 15 is 0 Å². The number of amides is 1. The Kier molecular flexibility index (Phi) is 1.82. The number of aliphatic hydroxyl groups excluding tert-OH is 2. The first-order valence-electron chi connectivity index (χ1n) is 3.90. The molecular weight excluding hydrogens is 174 g/mol. The van der Waals surface area contributed by atoms with Gasteiger partial charge in [0.2, 0.25) is 0 Å². The Hall–Kier alpha value is -1.33. The molecule has 2 heterocycles. The van der Waals surface area contributed by atoms with Crippen molar-refractivity contribution in [2.45, 2.75) is 18.2 Å². The molecule has 3 N–H and O–H groups in total. The van der Waals surface area contributed by atoms with Crippen molar-refractivity contribution in [1.82, 2.24) is 5.32 Å². The Morgan fingerprint density at radius 2 is 2.23 bits per heavy atom. The molecule has 1 saturated heterocycles. The minimum atomic E-state index is -1.37. The maximum Gasteiger partial charge on any atom is 0.252 e. The minimum absolute atomic E-state index is 0.442. The Morgan fingerprint density at radius 3 is 2.69 bits per heavy atom. The highest BCUT2D eigenvalue weighted by molar-refractivity contribution is 5.84. The molecule has 1 aliphatic rings. The second kappa shape index (κ2) is 2.86. The summed E-state index contributed by atoms with van der Waals surface area (Å²) in [5, 5.41) is 21.0. The molecule has 1 fully saturated rings. The minimum Gasteiger partial charge on any atom is -0.467 e. The molecule has 0 bridgehead atoms. The molecule has 5 nitrogen and oxygen atoms in total. The third-order valence-corrected chi connectivity index (χ3v) is 2.08. The molecule has 0 aromatic carbocycles. The van der Waals surface area contributed by atoms with Crippen LogP contribution < -0.4 is 5.32 Å². The number of carbonyl (C=O) groups is 1. The molecule has 1 amide bonds. The van der Waals surface area contributed by atoms with Gasteiger partial charge in [0.25, 0.3) is 5.91 Å². The van der Waals surface area contributed by atoms with Gasteiger partial charge in [-0.25, -0.2) is 0 Å². The van der Waals surface area contributed by atoms with Crippen LogP contribution in [0.1, 0.15) is 11.8 Å². The van der Waals surface area contributed by atoms with Crippen LogP contribution in [0.5, 0.6) is 0 Å². The molecule has 1 aliphatic heterocycles. The van der Waals surface area contributed by atoms with Crippen LogP contribution in [0.2, 0.25) is 0 Å². The zero-order valence-corrected chi connectivity index (χ0v) is 6.68. The van der Waals surface area contributed by atoms with Crippen LogP contribution in [0, 0.1) is 0 Å². The predicted octanol–water partition coefficient (Wildman–Crippen LogP) is -0.828. The van der Waals surface area contributed by atoms with E-state index in [2.05, 4.69) is 5.32 Å². The fourth-order valence-electron chi connectivity index (χ4n) is 1.37. The van der Waals surface area contributed by atoms with Gasteiger partial charge in [-0.1, -0.05) is 0 Å². The van der Waals surface area contributed by atoms with Crippen molar-refractivity contribution in [2.24, 2.45) is 0 Å². The predicted molar refractivity (Wildman–Crippen MR) is 41.6 cm³/mol. The highest BCUT2D eigenvalue weighted by Gasteiger charge is 2.42. The summed E-state index contributed by atoms with van der Waals surface area (Å²) in [6.07, 6.45) is -1.06. The van der Waals surface area contributed by atoms with E-state index in [9.17, 15) is 9.90 Å². The van der Waals surface area contributed by atoms with Gasteiger partial charge in [-0.05, 0) is 12.1 Å². The van der Waals surface area contributed by atoms with Crippen LogP contribution in [0.4, 0.5) is 0 Å². The molecule has 1 aromatic rings. The van der Waals surface area contributed by atoms with Gasteiger partial charge in [0, 0.05) is 0 Å². The zero-order chi connectivity index (χ0) is 9.42. The van der Waals surface area contributed by atoms with E-state index in [-0.39, 0.29) is 0 Å². The van der Waals surface area contributed by atoms with Crippen molar-refractivity contribution < 1.29 is 19.4 Å². The second-order valence-electron chi connectivity index (χ2n) is 2.94. The van der Waals surface area contributed by atoms with Gasteiger partial charge in [0.1, 0.15) is 17.9 Å². The van der Waals surface area contributed by atoms with Gasteiger partial charge in [-0.2, -0.15) is 0 Å². The van der Waals surface area contributed by atoms with Crippen molar-refractivity contribution in [1.29, 1.82) is 0 Å². The summed E-state index contributed by atoms with van der Waals surface area (Å²) in [5.74, 6) is -0.133. The summed E-state index contributed by atoms with van der Waals surface area (Å²) >= 11 is 0. The van der Waals surface area contributed by atoms with E-state index in [1.807, 2.05) is 0 Å². The Balaban J connectivity index is 2.23. The summed E-state index contributed by atoms with van der Waals surface area (Å²) in [6, 6.07) is 2.64. The van der Waals surface area contributed by atoms with Crippen LogP contribution >= 0.6 is 0 Å². The smallest absolute Gasteiger partial charge is 0.252 e. The fourth-order valence-corrected chi connectivity index (χ4v) is 1.37. The third-order valence-electron chi connectivity index (χ3n) is 2.08. The van der Waals surface area contributed by atoms with Crippen LogP contribution in [-0.2, 0) is 4.79 Å². The molecule has 0 radical (unpaired) electrons. The Morgan fingerprint density at radius 1 is 1.46 bits per heavy atom. The molecule has 5 heteroatoms. The number of furan rings is 1. The average molecular weight is 183 g/mol. The lowest BCUT2D eigenvalue weighted by molar-refractivity contribution is -0.128. The number of nitrogens with one attached hydrogen (secondary N) is 1. The molecule has 70 valence electrons. The largest absolute Gasteiger partial charge is 0.467 e. The van der Waals surface area contributed by atoms with Crippen molar-refractivity contribution in [3.05, 3.63) is 24.2 Å². The van der Waals surface area contributed by atoms with Crippen LogP contribution in [0.3, 0.4) is 0 Å². The van der Waals surface area contributed by atoms with Gasteiger partial charge < -0.3 is 19.9 Å². The lowest BCUT2D eigenvalue weighted by atomic mass is 10.1. The summed E-state index contributed by atoms with van der Waals surface area (Å²) < 4.78 is 5.00. The highest BCUT2D eigenvalue weighted by atomic mass is 16.4. The van der Waals surface area contributed by atoms with Crippen molar-refractivity contribution >= 4 is 5.91 Å². The second-order valence-corrected chi connectivity index (χ2v) is 2.94. The molecule has 3 unspecified atom stereocenters. The van der Waals surface area contributed by atoms with E-state index in [0.717, 1.165) is 0 Å².